The smallest absolute Gasteiger partial charge is 0.123 e. The van der Waals surface area contributed by atoms with E-state index in [1.54, 1.807) is 12.1 Å². The van der Waals surface area contributed by atoms with Crippen LogP contribution in [-0.4, -0.2) is 5.11 Å². The predicted octanol–water partition coefficient (Wildman–Crippen LogP) is 3.67. The van der Waals surface area contributed by atoms with Gasteiger partial charge in [0.25, 0.3) is 0 Å². The van der Waals surface area contributed by atoms with Crippen LogP contribution in [0.3, 0.4) is 0 Å². The lowest BCUT2D eigenvalue weighted by Crippen LogP contribution is -2.13. The largest absolute Gasteiger partial charge is 0.387 e. The van der Waals surface area contributed by atoms with Gasteiger partial charge in [0.1, 0.15) is 5.82 Å². The molecule has 0 heterocycles. The fourth-order valence-electron chi connectivity index (χ4n) is 2.42. The summed E-state index contributed by atoms with van der Waals surface area (Å²) < 4.78 is 12.9. The SMILES string of the molecule is O[C@@H]1c2ccccc2C=C[C@H]1c1ccc(F)cc1. The van der Waals surface area contributed by atoms with Crippen LogP contribution in [0.25, 0.3) is 6.08 Å². The van der Waals surface area contributed by atoms with Crippen LogP contribution in [0, 0.1) is 5.82 Å². The van der Waals surface area contributed by atoms with Gasteiger partial charge < -0.3 is 5.11 Å². The van der Waals surface area contributed by atoms with Crippen molar-refractivity contribution >= 4 is 6.08 Å². The molecule has 0 aromatic heterocycles. The second-order valence-electron chi connectivity index (χ2n) is 4.51. The van der Waals surface area contributed by atoms with Crippen LogP contribution in [0.1, 0.15) is 28.7 Å². The summed E-state index contributed by atoms with van der Waals surface area (Å²) in [6.45, 7) is 0. The summed E-state index contributed by atoms with van der Waals surface area (Å²) in [5.74, 6) is -0.367. The molecule has 0 spiro atoms. The molecule has 2 aromatic rings. The van der Waals surface area contributed by atoms with E-state index in [0.29, 0.717) is 0 Å². The normalized spacial score (nSPS) is 21.7. The number of halogens is 1. The lowest BCUT2D eigenvalue weighted by atomic mass is 9.83. The van der Waals surface area contributed by atoms with Gasteiger partial charge in [0, 0.05) is 5.92 Å². The molecule has 0 aliphatic heterocycles. The monoisotopic (exact) mass is 240 g/mol. The van der Waals surface area contributed by atoms with Gasteiger partial charge in [-0.1, -0.05) is 48.6 Å². The Morgan fingerprint density at radius 1 is 0.944 bits per heavy atom. The van der Waals surface area contributed by atoms with Gasteiger partial charge in [-0.2, -0.15) is 0 Å². The lowest BCUT2D eigenvalue weighted by Gasteiger charge is -2.26. The van der Waals surface area contributed by atoms with Crippen molar-refractivity contribution in [2.45, 2.75) is 12.0 Å². The molecule has 0 amide bonds. The average Bonchev–Trinajstić information content (AvgIpc) is 2.41. The van der Waals surface area contributed by atoms with Crippen LogP contribution in [0.15, 0.2) is 54.6 Å². The lowest BCUT2D eigenvalue weighted by molar-refractivity contribution is 0.160. The highest BCUT2D eigenvalue weighted by atomic mass is 19.1. The third-order valence-corrected chi connectivity index (χ3v) is 3.39. The van der Waals surface area contributed by atoms with Crippen LogP contribution in [0.2, 0.25) is 0 Å². The van der Waals surface area contributed by atoms with Gasteiger partial charge in [0.2, 0.25) is 0 Å². The standard InChI is InChI=1S/C16H13FO/c17-13-8-5-12(6-9-13)15-10-7-11-3-1-2-4-14(11)16(15)18/h1-10,15-16,18H/t15-,16+/m0/s1. The first-order valence-electron chi connectivity index (χ1n) is 5.96. The van der Waals surface area contributed by atoms with Gasteiger partial charge in [-0.15, -0.1) is 0 Å². The van der Waals surface area contributed by atoms with Crippen molar-refractivity contribution in [3.63, 3.8) is 0 Å². The van der Waals surface area contributed by atoms with Crippen LogP contribution in [-0.2, 0) is 0 Å². The van der Waals surface area contributed by atoms with Gasteiger partial charge in [0.15, 0.2) is 0 Å². The molecule has 90 valence electrons. The van der Waals surface area contributed by atoms with Crippen LogP contribution >= 0.6 is 0 Å². The van der Waals surface area contributed by atoms with E-state index in [-0.39, 0.29) is 11.7 Å². The quantitative estimate of drug-likeness (QED) is 0.806. The second kappa shape index (κ2) is 4.39. The maximum Gasteiger partial charge on any atom is 0.123 e. The number of rotatable bonds is 1. The molecule has 0 fully saturated rings. The Kier molecular flexibility index (Phi) is 2.73. The van der Waals surface area contributed by atoms with Gasteiger partial charge in [-0.25, -0.2) is 4.39 Å². The zero-order chi connectivity index (χ0) is 12.5. The zero-order valence-electron chi connectivity index (χ0n) is 9.75. The van der Waals surface area contributed by atoms with Gasteiger partial charge in [0.05, 0.1) is 6.10 Å². The van der Waals surface area contributed by atoms with Gasteiger partial charge >= 0.3 is 0 Å². The number of fused-ring (bicyclic) bond motifs is 1. The van der Waals surface area contributed by atoms with E-state index in [4.69, 9.17) is 0 Å². The van der Waals surface area contributed by atoms with Crippen molar-refractivity contribution in [3.8, 4) is 0 Å². The molecule has 0 radical (unpaired) electrons. The third-order valence-electron chi connectivity index (χ3n) is 3.39. The fourth-order valence-corrected chi connectivity index (χ4v) is 2.42. The summed E-state index contributed by atoms with van der Waals surface area (Å²) in [6.07, 6.45) is 3.41. The molecule has 2 atom stereocenters. The molecule has 1 N–H and O–H groups in total. The number of aliphatic hydroxyl groups is 1. The molecule has 0 bridgehead atoms. The third kappa shape index (κ3) is 1.85. The Balaban J connectivity index is 2.00. The summed E-state index contributed by atoms with van der Waals surface area (Å²) >= 11 is 0. The molecule has 3 rings (SSSR count). The molecule has 1 aliphatic rings. The molecular formula is C16H13FO. The molecule has 0 unspecified atom stereocenters. The number of aliphatic hydroxyl groups excluding tert-OH is 1. The Morgan fingerprint density at radius 3 is 2.44 bits per heavy atom. The summed E-state index contributed by atoms with van der Waals surface area (Å²) in [7, 11) is 0. The number of hydrogen-bond donors (Lipinski definition) is 1. The highest BCUT2D eigenvalue weighted by molar-refractivity contribution is 5.59. The predicted molar refractivity (Wildman–Crippen MR) is 69.6 cm³/mol. The fraction of sp³-hybridized carbons (Fsp3) is 0.125. The molecule has 2 heteroatoms. The van der Waals surface area contributed by atoms with Crippen molar-refractivity contribution in [2.24, 2.45) is 0 Å². The highest BCUT2D eigenvalue weighted by Crippen LogP contribution is 2.38. The first kappa shape index (κ1) is 11.2. The minimum absolute atomic E-state index is 0.111. The Bertz CT molecular complexity index is 586. The second-order valence-corrected chi connectivity index (χ2v) is 4.51. The molecule has 2 aromatic carbocycles. The van der Waals surface area contributed by atoms with E-state index in [0.717, 1.165) is 16.7 Å². The molecule has 0 saturated heterocycles. The maximum absolute atomic E-state index is 12.9. The first-order chi connectivity index (χ1) is 8.75. The van der Waals surface area contributed by atoms with Crippen molar-refractivity contribution in [3.05, 3.63) is 77.1 Å². The van der Waals surface area contributed by atoms with Crippen molar-refractivity contribution < 1.29 is 9.50 Å². The maximum atomic E-state index is 12.9. The van der Waals surface area contributed by atoms with E-state index in [9.17, 15) is 9.50 Å². The molecule has 18 heavy (non-hydrogen) atoms. The van der Waals surface area contributed by atoms with E-state index in [1.807, 2.05) is 36.4 Å². The van der Waals surface area contributed by atoms with E-state index < -0.39 is 6.10 Å². The number of hydrogen-bond acceptors (Lipinski definition) is 1. The molecular weight excluding hydrogens is 227 g/mol. The Labute approximate surface area is 105 Å². The topological polar surface area (TPSA) is 20.2 Å². The van der Waals surface area contributed by atoms with Crippen LogP contribution in [0.5, 0.6) is 0 Å². The van der Waals surface area contributed by atoms with Crippen molar-refractivity contribution in [1.29, 1.82) is 0 Å². The van der Waals surface area contributed by atoms with Crippen LogP contribution < -0.4 is 0 Å². The number of benzene rings is 2. The molecule has 1 nitrogen and oxygen atoms in total. The van der Waals surface area contributed by atoms with E-state index >= 15 is 0 Å². The first-order valence-corrected chi connectivity index (χ1v) is 5.96. The van der Waals surface area contributed by atoms with Gasteiger partial charge in [-0.3, -0.25) is 0 Å². The minimum atomic E-state index is -0.573. The van der Waals surface area contributed by atoms with Crippen LogP contribution in [0.4, 0.5) is 4.39 Å². The van der Waals surface area contributed by atoms with Gasteiger partial charge in [-0.05, 0) is 28.8 Å². The van der Waals surface area contributed by atoms with E-state index in [1.165, 1.54) is 12.1 Å². The Hall–Kier alpha value is -1.93. The van der Waals surface area contributed by atoms with Crippen molar-refractivity contribution in [1.82, 2.24) is 0 Å². The summed E-state index contributed by atoms with van der Waals surface area (Å²) in [6, 6.07) is 14.1. The average molecular weight is 240 g/mol. The Morgan fingerprint density at radius 2 is 1.67 bits per heavy atom. The summed E-state index contributed by atoms with van der Waals surface area (Å²) in [4.78, 5) is 0. The van der Waals surface area contributed by atoms with Crippen molar-refractivity contribution in [2.75, 3.05) is 0 Å². The summed E-state index contributed by atoms with van der Waals surface area (Å²) in [5, 5.41) is 10.4. The van der Waals surface area contributed by atoms with E-state index in [2.05, 4.69) is 0 Å². The zero-order valence-corrected chi connectivity index (χ0v) is 9.75. The molecule has 0 saturated carbocycles. The summed E-state index contributed by atoms with van der Waals surface area (Å²) in [5.41, 5.74) is 2.90. The molecule has 1 aliphatic carbocycles. The minimum Gasteiger partial charge on any atom is -0.387 e. The highest BCUT2D eigenvalue weighted by Gasteiger charge is 2.25.